The normalized spacial score (nSPS) is 11.2. The first-order valence-electron chi connectivity index (χ1n) is 5.26. The van der Waals surface area contributed by atoms with Crippen LogP contribution in [0.4, 0.5) is 0 Å². The van der Waals surface area contributed by atoms with Crippen LogP contribution in [0.25, 0.3) is 4.96 Å². The van der Waals surface area contributed by atoms with Crippen molar-refractivity contribution in [3.63, 3.8) is 0 Å². The molecule has 0 aliphatic heterocycles. The number of hydrogen-bond acceptors (Lipinski definition) is 5. The molecular formula is C11H9BrN4S2. The van der Waals surface area contributed by atoms with Gasteiger partial charge in [0.15, 0.2) is 10.1 Å². The Labute approximate surface area is 121 Å². The van der Waals surface area contributed by atoms with E-state index >= 15 is 0 Å². The van der Waals surface area contributed by atoms with E-state index < -0.39 is 0 Å². The smallest absolute Gasteiger partial charge is 0.195 e. The molecule has 0 radical (unpaired) electrons. The fourth-order valence-corrected chi connectivity index (χ4v) is 4.19. The molecule has 0 atom stereocenters. The number of thioether (sulfide) groups is 1. The van der Waals surface area contributed by atoms with E-state index in [9.17, 15) is 0 Å². The van der Waals surface area contributed by atoms with Crippen molar-refractivity contribution in [3.8, 4) is 0 Å². The molecule has 0 amide bonds. The van der Waals surface area contributed by atoms with Crippen molar-refractivity contribution in [2.75, 3.05) is 0 Å². The molecule has 0 bridgehead atoms. The average Bonchev–Trinajstić information content (AvgIpc) is 2.90. The van der Waals surface area contributed by atoms with Crippen molar-refractivity contribution >= 4 is 44.0 Å². The van der Waals surface area contributed by atoms with Crippen LogP contribution in [-0.2, 0) is 5.75 Å². The van der Waals surface area contributed by atoms with E-state index in [2.05, 4.69) is 47.6 Å². The minimum absolute atomic E-state index is 0.762. The number of hydrogen-bond donors (Lipinski definition) is 0. The molecule has 0 aliphatic rings. The zero-order valence-corrected chi connectivity index (χ0v) is 12.7. The van der Waals surface area contributed by atoms with Gasteiger partial charge < -0.3 is 0 Å². The van der Waals surface area contributed by atoms with Gasteiger partial charge >= 0.3 is 0 Å². The molecule has 18 heavy (non-hydrogen) atoms. The molecule has 0 spiro atoms. The van der Waals surface area contributed by atoms with Crippen LogP contribution in [-0.4, -0.2) is 19.4 Å². The van der Waals surface area contributed by atoms with Crippen molar-refractivity contribution in [2.24, 2.45) is 0 Å². The van der Waals surface area contributed by atoms with Crippen LogP contribution in [0, 0.1) is 6.92 Å². The summed E-state index contributed by atoms with van der Waals surface area (Å²) in [6.45, 7) is 2.08. The van der Waals surface area contributed by atoms with Gasteiger partial charge in [-0.1, -0.05) is 11.8 Å². The summed E-state index contributed by atoms with van der Waals surface area (Å²) >= 11 is 6.85. The Morgan fingerprint density at radius 1 is 1.39 bits per heavy atom. The molecule has 0 fully saturated rings. The Morgan fingerprint density at radius 3 is 2.89 bits per heavy atom. The Hall–Kier alpha value is -0.920. The highest BCUT2D eigenvalue weighted by atomic mass is 79.9. The van der Waals surface area contributed by atoms with E-state index in [1.807, 2.05) is 6.07 Å². The van der Waals surface area contributed by atoms with Gasteiger partial charge in [0.2, 0.25) is 0 Å². The van der Waals surface area contributed by atoms with E-state index in [-0.39, 0.29) is 0 Å². The Kier molecular flexibility index (Phi) is 3.36. The van der Waals surface area contributed by atoms with Gasteiger partial charge in [-0.25, -0.2) is 15.0 Å². The summed E-state index contributed by atoms with van der Waals surface area (Å²) in [5.74, 6) is 0.762. The molecule has 0 saturated carbocycles. The van der Waals surface area contributed by atoms with Crippen molar-refractivity contribution in [2.45, 2.75) is 17.8 Å². The van der Waals surface area contributed by atoms with Crippen molar-refractivity contribution < 1.29 is 0 Å². The number of aryl methyl sites for hydroxylation is 1. The summed E-state index contributed by atoms with van der Waals surface area (Å²) in [6, 6.07) is 1.82. The molecule has 3 heterocycles. The first-order chi connectivity index (χ1) is 8.75. The third-order valence-electron chi connectivity index (χ3n) is 2.42. The minimum Gasteiger partial charge on any atom is -0.282 e. The standard InChI is InChI=1S/C11H9BrN4S2/c1-7-5-18-11-15-8(9(12)16(7)11)6-17-10-13-3-2-4-14-10/h2-5H,6H2,1H3. The highest BCUT2D eigenvalue weighted by Crippen LogP contribution is 2.28. The highest BCUT2D eigenvalue weighted by Gasteiger charge is 2.13. The van der Waals surface area contributed by atoms with Gasteiger partial charge in [0.05, 0.1) is 5.69 Å². The fourth-order valence-electron chi connectivity index (χ4n) is 1.58. The molecule has 0 N–H and O–H groups in total. The second-order valence-electron chi connectivity index (χ2n) is 3.66. The molecule has 0 unspecified atom stereocenters. The molecule has 0 saturated heterocycles. The maximum atomic E-state index is 4.61. The van der Waals surface area contributed by atoms with E-state index in [0.717, 1.165) is 26.2 Å². The third-order valence-corrected chi connectivity index (χ3v) is 5.07. The second-order valence-corrected chi connectivity index (χ2v) is 6.19. The van der Waals surface area contributed by atoms with Crippen molar-refractivity contribution in [1.82, 2.24) is 19.4 Å². The molecule has 0 aliphatic carbocycles. The number of nitrogens with zero attached hydrogens (tertiary/aromatic N) is 4. The second kappa shape index (κ2) is 4.99. The molecule has 7 heteroatoms. The maximum absolute atomic E-state index is 4.61. The van der Waals surface area contributed by atoms with Gasteiger partial charge in [0.25, 0.3) is 0 Å². The molecule has 3 aromatic heterocycles. The summed E-state index contributed by atoms with van der Waals surface area (Å²) in [7, 11) is 0. The molecule has 92 valence electrons. The highest BCUT2D eigenvalue weighted by molar-refractivity contribution is 9.10. The number of fused-ring (bicyclic) bond motifs is 1. The lowest BCUT2D eigenvalue weighted by Gasteiger charge is -1.98. The van der Waals surface area contributed by atoms with E-state index in [4.69, 9.17) is 0 Å². The Bertz CT molecular complexity index is 677. The molecule has 3 rings (SSSR count). The summed E-state index contributed by atoms with van der Waals surface area (Å²) in [6.07, 6.45) is 3.50. The lowest BCUT2D eigenvalue weighted by molar-refractivity contribution is 0.964. The van der Waals surface area contributed by atoms with Crippen LogP contribution in [0.2, 0.25) is 0 Å². The number of thiazole rings is 1. The van der Waals surface area contributed by atoms with Crippen molar-refractivity contribution in [1.29, 1.82) is 0 Å². The minimum atomic E-state index is 0.762. The van der Waals surface area contributed by atoms with Gasteiger partial charge in [0.1, 0.15) is 4.60 Å². The lowest BCUT2D eigenvalue weighted by atomic mass is 10.5. The summed E-state index contributed by atoms with van der Waals surface area (Å²) in [4.78, 5) is 14.0. The Balaban J connectivity index is 1.85. The molecule has 3 aromatic rings. The zero-order valence-electron chi connectivity index (χ0n) is 9.50. The monoisotopic (exact) mass is 340 g/mol. The number of aromatic nitrogens is 4. The summed E-state index contributed by atoms with van der Waals surface area (Å²) < 4.78 is 3.14. The summed E-state index contributed by atoms with van der Waals surface area (Å²) in [5, 5.41) is 2.88. The third kappa shape index (κ3) is 2.17. The van der Waals surface area contributed by atoms with Crippen LogP contribution in [0.5, 0.6) is 0 Å². The van der Waals surface area contributed by atoms with Gasteiger partial charge in [-0.3, -0.25) is 4.40 Å². The number of rotatable bonds is 3. The van der Waals surface area contributed by atoms with Crippen LogP contribution in [0.15, 0.2) is 33.6 Å². The SMILES string of the molecule is Cc1csc2nc(CSc3ncccn3)c(Br)n12. The van der Waals surface area contributed by atoms with Crippen LogP contribution in [0.1, 0.15) is 11.4 Å². The predicted molar refractivity (Wildman–Crippen MR) is 77.1 cm³/mol. The largest absolute Gasteiger partial charge is 0.282 e. The summed E-state index contributed by atoms with van der Waals surface area (Å²) in [5.41, 5.74) is 2.23. The maximum Gasteiger partial charge on any atom is 0.195 e. The molecule has 4 nitrogen and oxygen atoms in total. The van der Waals surface area contributed by atoms with Crippen LogP contribution < -0.4 is 0 Å². The average molecular weight is 341 g/mol. The van der Waals surface area contributed by atoms with Crippen LogP contribution >= 0.6 is 39.0 Å². The fraction of sp³-hybridized carbons (Fsp3) is 0.182. The van der Waals surface area contributed by atoms with Gasteiger partial charge in [-0.2, -0.15) is 0 Å². The van der Waals surface area contributed by atoms with E-state index in [1.54, 1.807) is 35.5 Å². The van der Waals surface area contributed by atoms with Crippen molar-refractivity contribution in [3.05, 3.63) is 39.8 Å². The first kappa shape index (κ1) is 12.1. The topological polar surface area (TPSA) is 43.1 Å². The van der Waals surface area contributed by atoms with Gasteiger partial charge in [-0.15, -0.1) is 11.3 Å². The number of halogens is 1. The number of imidazole rings is 1. The first-order valence-corrected chi connectivity index (χ1v) is 7.92. The molecule has 0 aromatic carbocycles. The zero-order chi connectivity index (χ0) is 12.5. The van der Waals surface area contributed by atoms with E-state index in [1.165, 1.54) is 5.69 Å². The lowest BCUT2D eigenvalue weighted by Crippen LogP contribution is -1.88. The van der Waals surface area contributed by atoms with E-state index in [0.29, 0.717) is 0 Å². The quantitative estimate of drug-likeness (QED) is 0.540. The molecular weight excluding hydrogens is 332 g/mol. The predicted octanol–water partition coefficient (Wildman–Crippen LogP) is 3.55. The van der Waals surface area contributed by atoms with Crippen LogP contribution in [0.3, 0.4) is 0 Å². The Morgan fingerprint density at radius 2 is 2.17 bits per heavy atom. The van der Waals surface area contributed by atoms with Gasteiger partial charge in [0, 0.05) is 29.2 Å². The van der Waals surface area contributed by atoms with Gasteiger partial charge in [-0.05, 0) is 28.9 Å².